The SMILES string of the molecule is COC(=O)[C@H]1c2ccccc2[C@@H]2CN1C(=O)N2S(=O)(=O)O. The number of esters is 1. The van der Waals surface area contributed by atoms with Gasteiger partial charge in [0.15, 0.2) is 6.04 Å². The van der Waals surface area contributed by atoms with Gasteiger partial charge in [-0.25, -0.2) is 9.59 Å². The molecule has 1 N–H and O–H groups in total. The lowest BCUT2D eigenvalue weighted by molar-refractivity contribution is -0.146. The summed E-state index contributed by atoms with van der Waals surface area (Å²) >= 11 is 0. The number of amides is 2. The van der Waals surface area contributed by atoms with E-state index in [1.54, 1.807) is 24.3 Å². The summed E-state index contributed by atoms with van der Waals surface area (Å²) in [5.74, 6) is -0.661. The summed E-state index contributed by atoms with van der Waals surface area (Å²) in [6, 6.07) is 3.83. The number of rotatable bonds is 2. The first-order valence-corrected chi connectivity index (χ1v) is 7.50. The minimum atomic E-state index is -4.71. The lowest BCUT2D eigenvalue weighted by Crippen LogP contribution is -2.39. The summed E-state index contributed by atoms with van der Waals surface area (Å²) in [6.07, 6.45) is 0. The van der Waals surface area contributed by atoms with E-state index in [0.717, 1.165) is 4.90 Å². The third-order valence-electron chi connectivity index (χ3n) is 3.72. The third kappa shape index (κ3) is 1.88. The maximum Gasteiger partial charge on any atom is 0.364 e. The molecule has 0 unspecified atom stereocenters. The first-order chi connectivity index (χ1) is 9.86. The van der Waals surface area contributed by atoms with Gasteiger partial charge in [-0.1, -0.05) is 24.3 Å². The summed E-state index contributed by atoms with van der Waals surface area (Å²) in [5.41, 5.74) is 1.01. The maximum absolute atomic E-state index is 12.2. The van der Waals surface area contributed by atoms with E-state index in [1.807, 2.05) is 0 Å². The van der Waals surface area contributed by atoms with Crippen molar-refractivity contribution in [1.82, 2.24) is 9.21 Å². The number of benzene rings is 1. The van der Waals surface area contributed by atoms with Crippen molar-refractivity contribution in [2.75, 3.05) is 13.7 Å². The summed E-state index contributed by atoms with van der Waals surface area (Å²) in [4.78, 5) is 25.3. The molecule has 8 nitrogen and oxygen atoms in total. The normalized spacial score (nSPS) is 24.0. The smallest absolute Gasteiger partial charge is 0.364 e. The number of methoxy groups -OCH3 is 1. The summed E-state index contributed by atoms with van der Waals surface area (Å²) in [5, 5.41) is 0. The van der Waals surface area contributed by atoms with Crippen molar-refractivity contribution in [3.8, 4) is 0 Å². The topological polar surface area (TPSA) is 104 Å². The molecule has 2 bridgehead atoms. The fourth-order valence-electron chi connectivity index (χ4n) is 2.90. The second-order valence-electron chi connectivity index (χ2n) is 4.78. The molecule has 1 saturated heterocycles. The fraction of sp³-hybridized carbons (Fsp3) is 0.333. The van der Waals surface area contributed by atoms with Crippen LogP contribution in [0.25, 0.3) is 0 Å². The minimum absolute atomic E-state index is 0.00456. The molecule has 0 aliphatic carbocycles. The van der Waals surface area contributed by atoms with Gasteiger partial charge in [-0.2, -0.15) is 12.7 Å². The van der Waals surface area contributed by atoms with Crippen LogP contribution in [0.4, 0.5) is 4.79 Å². The Hall–Kier alpha value is -2.13. The van der Waals surface area contributed by atoms with Crippen LogP contribution in [0.2, 0.25) is 0 Å². The monoisotopic (exact) mass is 312 g/mol. The highest BCUT2D eigenvalue weighted by atomic mass is 32.2. The first kappa shape index (κ1) is 13.8. The predicted octanol–water partition coefficient (Wildman–Crippen LogP) is 0.496. The second kappa shape index (κ2) is 4.43. The molecule has 0 radical (unpaired) electrons. The Morgan fingerprint density at radius 2 is 1.95 bits per heavy atom. The molecule has 2 heterocycles. The zero-order chi connectivity index (χ0) is 15.4. The Kier molecular flexibility index (Phi) is 2.92. The first-order valence-electron chi connectivity index (χ1n) is 6.10. The quantitative estimate of drug-likeness (QED) is 0.630. The van der Waals surface area contributed by atoms with Gasteiger partial charge >= 0.3 is 22.3 Å². The third-order valence-corrected chi connectivity index (χ3v) is 4.63. The van der Waals surface area contributed by atoms with Crippen molar-refractivity contribution < 1.29 is 27.3 Å². The number of fused-ring (bicyclic) bond motifs is 4. The van der Waals surface area contributed by atoms with Crippen LogP contribution < -0.4 is 0 Å². The average molecular weight is 312 g/mol. The van der Waals surface area contributed by atoms with Gasteiger partial charge in [-0.05, 0) is 11.1 Å². The molecule has 112 valence electrons. The second-order valence-corrected chi connectivity index (χ2v) is 6.07. The van der Waals surface area contributed by atoms with Crippen molar-refractivity contribution in [3.05, 3.63) is 35.4 Å². The van der Waals surface area contributed by atoms with Crippen molar-refractivity contribution >= 4 is 22.3 Å². The van der Waals surface area contributed by atoms with E-state index in [4.69, 9.17) is 4.74 Å². The Balaban J connectivity index is 2.21. The molecule has 0 saturated carbocycles. The van der Waals surface area contributed by atoms with E-state index in [-0.39, 0.29) is 6.54 Å². The Labute approximate surface area is 120 Å². The van der Waals surface area contributed by atoms with Crippen LogP contribution in [0, 0.1) is 0 Å². The van der Waals surface area contributed by atoms with Gasteiger partial charge < -0.3 is 9.64 Å². The summed E-state index contributed by atoms with van der Waals surface area (Å²) < 4.78 is 37.3. The van der Waals surface area contributed by atoms with Crippen LogP contribution >= 0.6 is 0 Å². The average Bonchev–Trinajstić information content (AvgIpc) is 2.73. The van der Waals surface area contributed by atoms with Gasteiger partial charge in [0, 0.05) is 6.54 Å². The fourth-order valence-corrected chi connectivity index (χ4v) is 3.70. The zero-order valence-electron chi connectivity index (χ0n) is 11.0. The molecule has 0 spiro atoms. The Bertz CT molecular complexity index is 731. The number of carbonyl (C=O) groups is 2. The Morgan fingerprint density at radius 1 is 1.33 bits per heavy atom. The molecular formula is C12H12N2O6S. The largest absolute Gasteiger partial charge is 0.467 e. The van der Waals surface area contributed by atoms with Crippen molar-refractivity contribution in [3.63, 3.8) is 0 Å². The van der Waals surface area contributed by atoms with Gasteiger partial charge in [-0.15, -0.1) is 0 Å². The van der Waals surface area contributed by atoms with Crippen LogP contribution in [-0.2, 0) is 19.8 Å². The van der Waals surface area contributed by atoms with Crippen LogP contribution in [-0.4, -0.2) is 47.8 Å². The lowest BCUT2D eigenvalue weighted by Gasteiger charge is -2.30. The van der Waals surface area contributed by atoms with Crippen LogP contribution in [0.1, 0.15) is 23.2 Å². The highest BCUT2D eigenvalue weighted by Crippen LogP contribution is 2.44. The number of ether oxygens (including phenoxy) is 1. The Morgan fingerprint density at radius 3 is 2.52 bits per heavy atom. The molecule has 2 aliphatic heterocycles. The van der Waals surface area contributed by atoms with Gasteiger partial charge in [0.25, 0.3) is 0 Å². The molecule has 9 heteroatoms. The van der Waals surface area contributed by atoms with E-state index < -0.39 is 34.4 Å². The standard InChI is InChI=1S/C12H12N2O6S/c1-20-11(15)10-8-5-3-2-4-7(8)9-6-13(10)12(16)14(9)21(17,18)19/h2-5,9-10H,6H2,1H3,(H,17,18,19)/t9-,10+/m0/s1. The van der Waals surface area contributed by atoms with Gasteiger partial charge in [0.05, 0.1) is 13.2 Å². The molecule has 1 aromatic carbocycles. The number of hydrogen-bond donors (Lipinski definition) is 1. The van der Waals surface area contributed by atoms with E-state index in [0.29, 0.717) is 15.4 Å². The van der Waals surface area contributed by atoms with E-state index in [9.17, 15) is 22.6 Å². The highest BCUT2D eigenvalue weighted by Gasteiger charge is 2.54. The molecule has 2 aliphatic rings. The van der Waals surface area contributed by atoms with Crippen molar-refractivity contribution in [2.24, 2.45) is 0 Å². The highest BCUT2D eigenvalue weighted by molar-refractivity contribution is 7.84. The molecule has 2 atom stereocenters. The zero-order valence-corrected chi connectivity index (χ0v) is 11.8. The van der Waals surface area contributed by atoms with E-state index >= 15 is 0 Å². The van der Waals surface area contributed by atoms with E-state index in [1.165, 1.54) is 7.11 Å². The molecule has 2 amide bonds. The van der Waals surface area contributed by atoms with Crippen molar-refractivity contribution in [2.45, 2.75) is 12.1 Å². The van der Waals surface area contributed by atoms with Gasteiger partial charge in [0.2, 0.25) is 0 Å². The minimum Gasteiger partial charge on any atom is -0.467 e. The number of hydrogen-bond acceptors (Lipinski definition) is 5. The lowest BCUT2D eigenvalue weighted by atomic mass is 9.91. The van der Waals surface area contributed by atoms with Crippen LogP contribution in [0.15, 0.2) is 24.3 Å². The predicted molar refractivity (Wildman–Crippen MR) is 69.4 cm³/mol. The number of nitrogens with zero attached hydrogens (tertiary/aromatic N) is 2. The number of urea groups is 1. The van der Waals surface area contributed by atoms with Crippen LogP contribution in [0.5, 0.6) is 0 Å². The maximum atomic E-state index is 12.2. The van der Waals surface area contributed by atoms with Gasteiger partial charge in [-0.3, -0.25) is 4.55 Å². The van der Waals surface area contributed by atoms with Crippen LogP contribution in [0.3, 0.4) is 0 Å². The van der Waals surface area contributed by atoms with E-state index in [2.05, 4.69) is 0 Å². The van der Waals surface area contributed by atoms with Crippen molar-refractivity contribution in [1.29, 1.82) is 0 Å². The summed E-state index contributed by atoms with van der Waals surface area (Å²) in [6.45, 7) is -0.00456. The molecule has 3 rings (SSSR count). The summed E-state index contributed by atoms with van der Waals surface area (Å²) in [7, 11) is -3.52. The molecule has 0 aromatic heterocycles. The molecular weight excluding hydrogens is 300 g/mol. The molecule has 1 aromatic rings. The van der Waals surface area contributed by atoms with Gasteiger partial charge in [0.1, 0.15) is 0 Å². The number of carbonyl (C=O) groups excluding carboxylic acids is 2. The molecule has 1 fully saturated rings. The molecule has 21 heavy (non-hydrogen) atoms.